The number of nitrogens with zero attached hydrogens (tertiary/aromatic N) is 4. The Balaban J connectivity index is 1.58. The quantitative estimate of drug-likeness (QED) is 0.139. The lowest BCUT2D eigenvalue weighted by molar-refractivity contribution is -0.392. The lowest BCUT2D eigenvalue weighted by atomic mass is 10.2. The van der Waals surface area contributed by atoms with Crippen LogP contribution in [0.5, 0.6) is 5.75 Å². The molecule has 10 nitrogen and oxygen atoms in total. The average Bonchev–Trinajstić information content (AvgIpc) is 3.12. The molecule has 0 aliphatic carbocycles. The Morgan fingerprint density at radius 2 is 1.94 bits per heavy atom. The van der Waals surface area contributed by atoms with E-state index in [2.05, 4.69) is 15.5 Å². The van der Waals surface area contributed by atoms with E-state index >= 15 is 0 Å². The second kappa shape index (κ2) is 9.96. The van der Waals surface area contributed by atoms with Gasteiger partial charge in [-0.05, 0) is 46.9 Å². The van der Waals surface area contributed by atoms with Gasteiger partial charge in [-0.15, -0.1) is 0 Å². The van der Waals surface area contributed by atoms with E-state index in [0.29, 0.717) is 23.5 Å². The van der Waals surface area contributed by atoms with Gasteiger partial charge in [-0.1, -0.05) is 11.6 Å². The maximum Gasteiger partial charge on any atom is 0.345 e. The fourth-order valence-electron chi connectivity index (χ4n) is 2.62. The average molecular weight is 478 g/mol. The van der Waals surface area contributed by atoms with Crippen LogP contribution in [0.15, 0.2) is 47.7 Å². The number of nitrogens with one attached hydrogen (secondary N) is 1. The summed E-state index contributed by atoms with van der Waals surface area (Å²) in [5, 5.41) is 14.4. The van der Waals surface area contributed by atoms with Gasteiger partial charge in [0.15, 0.2) is 24.0 Å². The van der Waals surface area contributed by atoms with Gasteiger partial charge in [0.1, 0.15) is 11.9 Å². The number of carbonyl (C=O) groups is 2. The molecule has 170 valence electrons. The number of hydrazone groups is 1. The van der Waals surface area contributed by atoms with Crippen molar-refractivity contribution in [1.82, 2.24) is 15.0 Å². The Bertz CT molecular complexity index is 1260. The van der Waals surface area contributed by atoms with E-state index < -0.39 is 28.4 Å². The highest BCUT2D eigenvalue weighted by Gasteiger charge is 2.20. The van der Waals surface area contributed by atoms with Crippen LogP contribution in [0, 0.1) is 28.7 Å². The highest BCUT2D eigenvalue weighted by molar-refractivity contribution is 6.33. The lowest BCUT2D eigenvalue weighted by Crippen LogP contribution is -2.24. The SMILES string of the molecule is Cc1ncc([N+](=O)[O-])n1CC(=O)N/N=C/c1ccc(OC(=O)c2cc(F)c(F)cc2Cl)cc1. The molecule has 0 aliphatic rings. The molecule has 0 atom stereocenters. The van der Waals surface area contributed by atoms with Crippen LogP contribution >= 0.6 is 11.6 Å². The predicted molar refractivity (Wildman–Crippen MR) is 112 cm³/mol. The summed E-state index contributed by atoms with van der Waals surface area (Å²) in [6.07, 6.45) is 2.35. The first kappa shape index (κ1) is 23.5. The van der Waals surface area contributed by atoms with Crippen molar-refractivity contribution in [3.63, 3.8) is 0 Å². The zero-order valence-electron chi connectivity index (χ0n) is 16.8. The summed E-state index contributed by atoms with van der Waals surface area (Å²) in [5.41, 5.74) is 2.42. The molecule has 13 heteroatoms. The van der Waals surface area contributed by atoms with Crippen LogP contribution in [-0.2, 0) is 11.3 Å². The van der Waals surface area contributed by atoms with Crippen molar-refractivity contribution in [2.75, 3.05) is 0 Å². The van der Waals surface area contributed by atoms with Crippen LogP contribution in [0.1, 0.15) is 21.7 Å². The second-order valence-corrected chi connectivity index (χ2v) is 6.91. The number of aromatic nitrogens is 2. The van der Waals surface area contributed by atoms with Crippen molar-refractivity contribution in [3.8, 4) is 5.75 Å². The molecule has 0 fully saturated rings. The maximum absolute atomic E-state index is 13.3. The molecule has 0 saturated carbocycles. The Labute approximate surface area is 189 Å². The van der Waals surface area contributed by atoms with Crippen LogP contribution in [0.3, 0.4) is 0 Å². The Morgan fingerprint density at radius 1 is 1.27 bits per heavy atom. The van der Waals surface area contributed by atoms with Crippen molar-refractivity contribution >= 4 is 35.5 Å². The van der Waals surface area contributed by atoms with E-state index in [4.69, 9.17) is 16.3 Å². The molecule has 1 heterocycles. The number of esters is 1. The van der Waals surface area contributed by atoms with Crippen LogP contribution in [0.2, 0.25) is 5.02 Å². The number of aryl methyl sites for hydroxylation is 1. The van der Waals surface area contributed by atoms with E-state index in [1.54, 1.807) is 0 Å². The van der Waals surface area contributed by atoms with E-state index in [1.807, 2.05) is 0 Å². The summed E-state index contributed by atoms with van der Waals surface area (Å²) in [6, 6.07) is 7.16. The first-order chi connectivity index (χ1) is 15.7. The molecular formula is C20H14ClF2N5O5. The molecule has 0 aliphatic heterocycles. The number of carbonyl (C=O) groups excluding carboxylic acids is 2. The van der Waals surface area contributed by atoms with E-state index in [9.17, 15) is 28.5 Å². The Hall–Kier alpha value is -4.19. The van der Waals surface area contributed by atoms with Crippen LogP contribution in [0.4, 0.5) is 14.6 Å². The highest BCUT2D eigenvalue weighted by Crippen LogP contribution is 2.22. The van der Waals surface area contributed by atoms with E-state index in [0.717, 1.165) is 10.8 Å². The molecule has 0 radical (unpaired) electrons. The van der Waals surface area contributed by atoms with Gasteiger partial charge in [0.2, 0.25) is 0 Å². The number of rotatable bonds is 7. The number of nitro groups is 1. The van der Waals surface area contributed by atoms with Crippen molar-refractivity contribution < 1.29 is 28.0 Å². The number of ether oxygens (including phenoxy) is 1. The summed E-state index contributed by atoms with van der Waals surface area (Å²) in [7, 11) is 0. The van der Waals surface area contributed by atoms with Gasteiger partial charge < -0.3 is 14.9 Å². The highest BCUT2D eigenvalue weighted by atomic mass is 35.5. The molecule has 2 aromatic carbocycles. The fourth-order valence-corrected chi connectivity index (χ4v) is 2.85. The molecule has 0 saturated heterocycles. The first-order valence-electron chi connectivity index (χ1n) is 9.11. The van der Waals surface area contributed by atoms with Crippen LogP contribution < -0.4 is 10.2 Å². The number of imidazole rings is 1. The molecule has 1 amide bonds. The van der Waals surface area contributed by atoms with Crippen molar-refractivity contribution in [1.29, 1.82) is 0 Å². The van der Waals surface area contributed by atoms with Crippen LogP contribution in [0.25, 0.3) is 0 Å². The summed E-state index contributed by atoms with van der Waals surface area (Å²) in [4.78, 5) is 38.2. The van der Waals surface area contributed by atoms with Gasteiger partial charge in [-0.3, -0.25) is 4.79 Å². The first-order valence-corrected chi connectivity index (χ1v) is 9.48. The van der Waals surface area contributed by atoms with Crippen LogP contribution in [-0.4, -0.2) is 32.6 Å². The van der Waals surface area contributed by atoms with Gasteiger partial charge in [-0.25, -0.2) is 28.6 Å². The number of benzene rings is 2. The summed E-state index contributed by atoms with van der Waals surface area (Å²) in [6.45, 7) is 1.18. The van der Waals surface area contributed by atoms with Crippen molar-refractivity contribution in [2.24, 2.45) is 5.10 Å². The molecular weight excluding hydrogens is 464 g/mol. The molecule has 1 N–H and O–H groups in total. The van der Waals surface area contributed by atoms with Gasteiger partial charge in [-0.2, -0.15) is 5.10 Å². The maximum atomic E-state index is 13.3. The largest absolute Gasteiger partial charge is 0.423 e. The third-order valence-corrected chi connectivity index (χ3v) is 4.56. The molecule has 3 rings (SSSR count). The zero-order valence-corrected chi connectivity index (χ0v) is 17.5. The third kappa shape index (κ3) is 5.74. The fraction of sp³-hybridized carbons (Fsp3) is 0.100. The minimum atomic E-state index is -1.24. The standard InChI is InChI=1S/C20H14ClF2N5O5/c1-11-24-9-19(28(31)32)27(11)10-18(29)26-25-8-12-2-4-13(5-3-12)33-20(30)14-6-16(22)17(23)7-15(14)21/h2-9H,10H2,1H3,(H,26,29)/b25-8+. The van der Waals surface area contributed by atoms with Gasteiger partial charge in [0.05, 0.1) is 16.8 Å². The monoisotopic (exact) mass is 477 g/mol. The Morgan fingerprint density at radius 3 is 2.61 bits per heavy atom. The second-order valence-electron chi connectivity index (χ2n) is 6.50. The van der Waals surface area contributed by atoms with Gasteiger partial charge in [0.25, 0.3) is 5.91 Å². The normalized spacial score (nSPS) is 10.9. The Kier molecular flexibility index (Phi) is 7.08. The molecule has 0 unspecified atom stereocenters. The van der Waals surface area contributed by atoms with Crippen molar-refractivity contribution in [2.45, 2.75) is 13.5 Å². The number of hydrogen-bond donors (Lipinski definition) is 1. The lowest BCUT2D eigenvalue weighted by Gasteiger charge is -2.07. The molecule has 0 spiro atoms. The minimum Gasteiger partial charge on any atom is -0.423 e. The summed E-state index contributed by atoms with van der Waals surface area (Å²) < 4.78 is 32.7. The molecule has 1 aromatic heterocycles. The molecule has 0 bridgehead atoms. The van der Waals surface area contributed by atoms with Crippen molar-refractivity contribution in [3.05, 3.63) is 86.3 Å². The summed E-state index contributed by atoms with van der Waals surface area (Å²) in [5.74, 6) is -3.92. The van der Waals surface area contributed by atoms with Gasteiger partial charge in [0, 0.05) is 6.92 Å². The van der Waals surface area contributed by atoms with Gasteiger partial charge >= 0.3 is 11.8 Å². The summed E-state index contributed by atoms with van der Waals surface area (Å²) >= 11 is 5.75. The predicted octanol–water partition coefficient (Wildman–Crippen LogP) is 3.40. The number of amides is 1. The smallest absolute Gasteiger partial charge is 0.345 e. The van der Waals surface area contributed by atoms with E-state index in [-0.39, 0.29) is 28.7 Å². The third-order valence-electron chi connectivity index (χ3n) is 4.25. The number of hydrogen-bond acceptors (Lipinski definition) is 7. The molecule has 3 aromatic rings. The number of halogens is 3. The minimum absolute atomic E-state index is 0.102. The topological polar surface area (TPSA) is 129 Å². The zero-order chi connectivity index (χ0) is 24.1. The molecule has 33 heavy (non-hydrogen) atoms. The van der Waals surface area contributed by atoms with E-state index in [1.165, 1.54) is 37.4 Å².